The monoisotopic (exact) mass is 678 g/mol. The first-order valence-electron chi connectivity index (χ1n) is 17.6. The van der Waals surface area contributed by atoms with Crippen molar-refractivity contribution in [1.82, 2.24) is 14.7 Å². The molecule has 2 saturated heterocycles. The highest BCUT2D eigenvalue weighted by atomic mass is 16.6. The molecule has 0 unspecified atom stereocenters. The number of likely N-dealkylation sites (N-methyl/N-ethyl adjacent to an activating group) is 1. The van der Waals surface area contributed by atoms with Crippen molar-refractivity contribution in [2.75, 3.05) is 52.4 Å². The number of hydrogen-bond donors (Lipinski definition) is 0. The molecule has 11 nitrogen and oxygen atoms in total. The number of likely N-dealkylation sites (tertiary alicyclic amines) is 1. The van der Waals surface area contributed by atoms with Gasteiger partial charge in [-0.3, -0.25) is 9.69 Å². The van der Waals surface area contributed by atoms with Crippen LogP contribution in [-0.4, -0.2) is 97.9 Å². The fraction of sp³-hybridized carbons (Fsp3) is 0.605. The highest BCUT2D eigenvalue weighted by molar-refractivity contribution is 5.93. The molecule has 11 heteroatoms. The molecular formula is C38H54N4O7. The molecule has 0 aromatic heterocycles. The fourth-order valence-corrected chi connectivity index (χ4v) is 6.55. The maximum atomic E-state index is 14.0. The number of urea groups is 1. The van der Waals surface area contributed by atoms with E-state index in [2.05, 4.69) is 6.92 Å². The van der Waals surface area contributed by atoms with Gasteiger partial charge < -0.3 is 33.6 Å². The Labute approximate surface area is 291 Å². The zero-order chi connectivity index (χ0) is 35.3. The Bertz CT molecular complexity index is 1490. The molecule has 2 heterocycles. The summed E-state index contributed by atoms with van der Waals surface area (Å²) in [7, 11) is 5.03. The molecule has 268 valence electrons. The molecule has 2 atom stereocenters. The number of hydrogen-bond acceptors (Lipinski definition) is 7. The van der Waals surface area contributed by atoms with Gasteiger partial charge in [0.2, 0.25) is 5.91 Å². The smallest absolute Gasteiger partial charge is 0.410 e. The van der Waals surface area contributed by atoms with Crippen molar-refractivity contribution in [3.05, 3.63) is 47.5 Å². The fourth-order valence-electron chi connectivity index (χ4n) is 6.55. The minimum absolute atomic E-state index is 0.0337. The SMILES string of the molecule is COc1cc(CC(=O)N(C)[C@@H]2CCN(C(=O)OC(C)(C)C)C2)ccc1CN1C(=O)N(c2ccc(OC)c(OCCCC3CC3)c2)CC[C@@H]1C. The van der Waals surface area contributed by atoms with Crippen LogP contribution in [0.3, 0.4) is 0 Å². The molecule has 2 aromatic rings. The quantitative estimate of drug-likeness (QED) is 0.223. The van der Waals surface area contributed by atoms with Crippen LogP contribution in [-0.2, 0) is 22.5 Å². The van der Waals surface area contributed by atoms with Crippen LogP contribution in [0.1, 0.15) is 77.3 Å². The van der Waals surface area contributed by atoms with E-state index in [9.17, 15) is 14.4 Å². The van der Waals surface area contributed by atoms with Crippen molar-refractivity contribution in [1.29, 1.82) is 0 Å². The van der Waals surface area contributed by atoms with E-state index in [1.807, 2.05) is 62.1 Å². The molecule has 3 fully saturated rings. The van der Waals surface area contributed by atoms with Crippen LogP contribution in [0.2, 0.25) is 0 Å². The van der Waals surface area contributed by atoms with Gasteiger partial charge in [-0.2, -0.15) is 0 Å². The molecule has 5 rings (SSSR count). The van der Waals surface area contributed by atoms with E-state index in [1.165, 1.54) is 19.3 Å². The van der Waals surface area contributed by atoms with Crippen molar-refractivity contribution in [3.63, 3.8) is 0 Å². The number of anilines is 1. The third-order valence-corrected chi connectivity index (χ3v) is 9.75. The lowest BCUT2D eigenvalue weighted by Crippen LogP contribution is -2.53. The molecule has 4 amide bonds. The summed E-state index contributed by atoms with van der Waals surface area (Å²) >= 11 is 0. The Morgan fingerprint density at radius 3 is 2.39 bits per heavy atom. The molecule has 0 radical (unpaired) electrons. The maximum absolute atomic E-state index is 14.0. The second-order valence-corrected chi connectivity index (χ2v) is 14.7. The van der Waals surface area contributed by atoms with Crippen molar-refractivity contribution in [3.8, 4) is 17.2 Å². The highest BCUT2D eigenvalue weighted by Gasteiger charge is 2.35. The van der Waals surface area contributed by atoms with Crippen molar-refractivity contribution < 1.29 is 33.3 Å². The zero-order valence-electron chi connectivity index (χ0n) is 30.3. The van der Waals surface area contributed by atoms with Gasteiger partial charge in [0, 0.05) is 50.0 Å². The third kappa shape index (κ3) is 9.30. The van der Waals surface area contributed by atoms with Gasteiger partial charge >= 0.3 is 12.1 Å². The first kappa shape index (κ1) is 36.1. The molecule has 2 aliphatic heterocycles. The van der Waals surface area contributed by atoms with Crippen LogP contribution in [0.4, 0.5) is 15.3 Å². The van der Waals surface area contributed by atoms with Crippen molar-refractivity contribution in [2.45, 2.75) is 96.9 Å². The number of amides is 4. The Morgan fingerprint density at radius 2 is 1.69 bits per heavy atom. The van der Waals surface area contributed by atoms with E-state index < -0.39 is 5.60 Å². The standard InChI is InChI=1S/C38H54N4O7/c1-26-16-19-41(30-14-15-32(46-6)34(23-30)48-20-8-9-27-10-11-27)36(44)42(26)24-29-13-12-28(21-33(29)47-7)22-35(43)39(5)31-17-18-40(25-31)37(45)49-38(2,3)4/h12-15,21,23,26-27,31H,8-11,16-20,22,24-25H2,1-7H3/t26-,31+/m0/s1. The average molecular weight is 679 g/mol. The molecule has 3 aliphatic rings. The lowest BCUT2D eigenvalue weighted by Gasteiger charge is -2.40. The minimum Gasteiger partial charge on any atom is -0.496 e. The molecule has 0 bridgehead atoms. The molecular weight excluding hydrogens is 624 g/mol. The minimum atomic E-state index is -0.565. The lowest BCUT2D eigenvalue weighted by atomic mass is 10.0. The summed E-state index contributed by atoms with van der Waals surface area (Å²) in [5.41, 5.74) is 1.90. The lowest BCUT2D eigenvalue weighted by molar-refractivity contribution is -0.131. The predicted molar refractivity (Wildman–Crippen MR) is 188 cm³/mol. The molecule has 0 spiro atoms. The van der Waals surface area contributed by atoms with Crippen LogP contribution in [0.5, 0.6) is 17.2 Å². The van der Waals surface area contributed by atoms with Crippen molar-refractivity contribution >= 4 is 23.7 Å². The summed E-state index contributed by atoms with van der Waals surface area (Å²) in [6.45, 7) is 10.2. The normalized spacial score (nSPS) is 19.6. The molecule has 2 aromatic carbocycles. The maximum Gasteiger partial charge on any atom is 0.410 e. The van der Waals surface area contributed by atoms with E-state index in [1.54, 1.807) is 36.0 Å². The number of methoxy groups -OCH3 is 2. The zero-order valence-corrected chi connectivity index (χ0v) is 30.3. The van der Waals surface area contributed by atoms with E-state index in [0.29, 0.717) is 56.5 Å². The first-order chi connectivity index (χ1) is 23.4. The van der Waals surface area contributed by atoms with Gasteiger partial charge in [-0.1, -0.05) is 25.0 Å². The van der Waals surface area contributed by atoms with Gasteiger partial charge in [-0.25, -0.2) is 9.59 Å². The topological polar surface area (TPSA) is 101 Å². The van der Waals surface area contributed by atoms with Crippen LogP contribution >= 0.6 is 0 Å². The summed E-state index contributed by atoms with van der Waals surface area (Å²) in [4.78, 5) is 46.8. The predicted octanol–water partition coefficient (Wildman–Crippen LogP) is 6.50. The largest absolute Gasteiger partial charge is 0.496 e. The number of carbonyl (C=O) groups is 3. The Balaban J connectivity index is 1.21. The average Bonchev–Trinajstić information content (AvgIpc) is 3.76. The Hall–Kier alpha value is -4.15. The molecule has 1 saturated carbocycles. The van der Waals surface area contributed by atoms with Gasteiger partial charge in [-0.05, 0) is 83.1 Å². The first-order valence-corrected chi connectivity index (χ1v) is 17.6. The molecule has 1 aliphatic carbocycles. The van der Waals surface area contributed by atoms with E-state index in [0.717, 1.165) is 35.6 Å². The van der Waals surface area contributed by atoms with Gasteiger partial charge in [-0.15, -0.1) is 0 Å². The summed E-state index contributed by atoms with van der Waals surface area (Å²) < 4.78 is 23.0. The summed E-state index contributed by atoms with van der Waals surface area (Å²) in [5, 5.41) is 0. The van der Waals surface area contributed by atoms with Crippen LogP contribution < -0.4 is 19.1 Å². The van der Waals surface area contributed by atoms with Gasteiger partial charge in [0.15, 0.2) is 11.5 Å². The third-order valence-electron chi connectivity index (χ3n) is 9.75. The molecule has 49 heavy (non-hydrogen) atoms. The van der Waals surface area contributed by atoms with E-state index in [4.69, 9.17) is 18.9 Å². The Kier molecular flexibility index (Phi) is 11.5. The van der Waals surface area contributed by atoms with Crippen molar-refractivity contribution in [2.24, 2.45) is 5.92 Å². The number of nitrogens with zero attached hydrogens (tertiary/aromatic N) is 4. The van der Waals surface area contributed by atoms with Crippen LogP contribution in [0.25, 0.3) is 0 Å². The highest BCUT2D eigenvalue weighted by Crippen LogP contribution is 2.36. The second kappa shape index (κ2) is 15.6. The summed E-state index contributed by atoms with van der Waals surface area (Å²) in [6.07, 6.45) is 6.22. The summed E-state index contributed by atoms with van der Waals surface area (Å²) in [5.74, 6) is 2.77. The van der Waals surface area contributed by atoms with E-state index in [-0.39, 0.29) is 36.5 Å². The Morgan fingerprint density at radius 1 is 0.939 bits per heavy atom. The van der Waals surface area contributed by atoms with E-state index >= 15 is 0 Å². The number of carbonyl (C=O) groups excluding carboxylic acids is 3. The summed E-state index contributed by atoms with van der Waals surface area (Å²) in [6, 6.07) is 11.3. The van der Waals surface area contributed by atoms with Crippen LogP contribution in [0.15, 0.2) is 36.4 Å². The number of benzene rings is 2. The molecule has 0 N–H and O–H groups in total. The number of ether oxygens (including phenoxy) is 4. The second-order valence-electron chi connectivity index (χ2n) is 14.7. The van der Waals surface area contributed by atoms with Crippen LogP contribution in [0, 0.1) is 5.92 Å². The van der Waals surface area contributed by atoms with Gasteiger partial charge in [0.25, 0.3) is 0 Å². The number of rotatable bonds is 13. The van der Waals surface area contributed by atoms with Gasteiger partial charge in [0.05, 0.1) is 39.8 Å². The van der Waals surface area contributed by atoms with Gasteiger partial charge in [0.1, 0.15) is 11.4 Å².